The van der Waals surface area contributed by atoms with Crippen molar-refractivity contribution < 1.29 is 38.1 Å². The molecule has 12 nitrogen and oxygen atoms in total. The van der Waals surface area contributed by atoms with Crippen LogP contribution in [0.2, 0.25) is 0 Å². The molecule has 0 radical (unpaired) electrons. The molecule has 12 heteroatoms. The Morgan fingerprint density at radius 3 is 1.94 bits per heavy atom. The van der Waals surface area contributed by atoms with Crippen molar-refractivity contribution in [3.63, 3.8) is 0 Å². The number of hydrogen-bond acceptors (Lipinski definition) is 10. The van der Waals surface area contributed by atoms with Gasteiger partial charge in [0.25, 0.3) is 11.8 Å². The topological polar surface area (TPSA) is 129 Å². The number of rotatable bonds is 9. The molecule has 0 aromatic heterocycles. The van der Waals surface area contributed by atoms with E-state index in [1.165, 1.54) is 21.3 Å². The fourth-order valence-corrected chi connectivity index (χ4v) is 6.65. The van der Waals surface area contributed by atoms with Crippen LogP contribution < -0.4 is 18.9 Å². The van der Waals surface area contributed by atoms with Gasteiger partial charge in [-0.25, -0.2) is 4.79 Å². The Balaban J connectivity index is 1.13. The summed E-state index contributed by atoms with van der Waals surface area (Å²) < 4.78 is 28.6. The lowest BCUT2D eigenvalue weighted by atomic mass is 10.1. The van der Waals surface area contributed by atoms with Gasteiger partial charge in [-0.15, -0.1) is 0 Å². The van der Waals surface area contributed by atoms with Crippen LogP contribution in [0.15, 0.2) is 76.4 Å². The zero-order chi connectivity index (χ0) is 35.1. The highest BCUT2D eigenvalue weighted by Gasteiger charge is 2.35. The molecule has 50 heavy (non-hydrogen) atoms. The molecule has 3 aromatic rings. The van der Waals surface area contributed by atoms with Crippen molar-refractivity contribution in [3.05, 3.63) is 94.2 Å². The summed E-state index contributed by atoms with van der Waals surface area (Å²) in [4.78, 5) is 52.1. The third-order valence-corrected chi connectivity index (χ3v) is 9.09. The number of esters is 1. The fourth-order valence-electron chi connectivity index (χ4n) is 6.65. The Kier molecular flexibility index (Phi) is 8.60. The summed E-state index contributed by atoms with van der Waals surface area (Å²) in [6.07, 6.45) is 6.82. The molecule has 256 valence electrons. The van der Waals surface area contributed by atoms with Gasteiger partial charge in [-0.1, -0.05) is 17.7 Å². The van der Waals surface area contributed by atoms with Gasteiger partial charge < -0.3 is 33.5 Å². The van der Waals surface area contributed by atoms with E-state index in [1.54, 1.807) is 58.6 Å². The highest BCUT2D eigenvalue weighted by Crippen LogP contribution is 2.40. The lowest BCUT2D eigenvalue weighted by Crippen LogP contribution is -2.35. The van der Waals surface area contributed by atoms with Crippen molar-refractivity contribution in [1.82, 2.24) is 9.80 Å². The van der Waals surface area contributed by atoms with E-state index in [1.807, 2.05) is 19.2 Å². The molecule has 0 N–H and O–H groups in total. The number of ether oxygens (including phenoxy) is 5. The van der Waals surface area contributed by atoms with Gasteiger partial charge in [0.1, 0.15) is 13.2 Å². The van der Waals surface area contributed by atoms with E-state index in [-0.39, 0.29) is 37.1 Å². The van der Waals surface area contributed by atoms with Crippen LogP contribution in [0.5, 0.6) is 23.0 Å². The van der Waals surface area contributed by atoms with E-state index in [2.05, 4.69) is 16.6 Å². The predicted molar refractivity (Wildman–Crippen MR) is 186 cm³/mol. The standard InChI is InChI=1S/C38H36N4O8/c1-21-6-26-15-39-30-13-34(32(46-3)11-28(30)36(43)41(26)17-21)49-19-23-8-24(10-25(9-23)38(45)48-5)20-50-35-14-31-29(12-33(35)47-4)37(44)42-18-22(2)7-27(42)16-40-31/h8-16,18,26-27H,1,6-7,17,19-20H2,2-5H3/t26-,27-/m0/s1. The van der Waals surface area contributed by atoms with E-state index in [0.717, 1.165) is 17.6 Å². The van der Waals surface area contributed by atoms with E-state index in [9.17, 15) is 14.4 Å². The number of carbonyl (C=O) groups is 3. The Labute approximate surface area is 289 Å². The minimum atomic E-state index is -0.521. The second-order valence-corrected chi connectivity index (χ2v) is 12.6. The van der Waals surface area contributed by atoms with Crippen molar-refractivity contribution in [2.75, 3.05) is 27.9 Å². The number of carbonyl (C=O) groups excluding carboxylic acids is 3. The molecular weight excluding hydrogens is 640 g/mol. The molecule has 1 fully saturated rings. The highest BCUT2D eigenvalue weighted by atomic mass is 16.5. The third kappa shape index (κ3) is 6.08. The lowest BCUT2D eigenvalue weighted by Gasteiger charge is -2.20. The average Bonchev–Trinajstić information content (AvgIpc) is 3.63. The number of aliphatic imine (C=N–C) groups is 2. The number of amides is 2. The first-order valence-corrected chi connectivity index (χ1v) is 16.1. The van der Waals surface area contributed by atoms with Gasteiger partial charge in [0, 0.05) is 37.3 Å². The molecule has 0 spiro atoms. The quantitative estimate of drug-likeness (QED) is 0.200. The first-order valence-electron chi connectivity index (χ1n) is 16.1. The molecule has 0 bridgehead atoms. The van der Waals surface area contributed by atoms with Gasteiger partial charge in [-0.3, -0.25) is 19.6 Å². The fraction of sp³-hybridized carbons (Fsp3) is 0.289. The van der Waals surface area contributed by atoms with Gasteiger partial charge in [-0.05, 0) is 61.2 Å². The van der Waals surface area contributed by atoms with Crippen LogP contribution in [0.1, 0.15) is 62.0 Å². The summed E-state index contributed by atoms with van der Waals surface area (Å²) in [5.41, 5.74) is 5.54. The first kappa shape index (κ1) is 32.6. The summed E-state index contributed by atoms with van der Waals surface area (Å²) in [6, 6.07) is 11.6. The Bertz CT molecular complexity index is 2030. The molecule has 4 aliphatic heterocycles. The minimum Gasteiger partial charge on any atom is -0.493 e. The Morgan fingerprint density at radius 1 is 0.780 bits per heavy atom. The van der Waals surface area contributed by atoms with E-state index in [0.29, 0.717) is 75.2 Å². The van der Waals surface area contributed by atoms with Crippen LogP contribution in [0.3, 0.4) is 0 Å². The van der Waals surface area contributed by atoms with Crippen LogP contribution in [-0.4, -0.2) is 80.0 Å². The number of methoxy groups -OCH3 is 3. The molecule has 1 saturated heterocycles. The summed E-state index contributed by atoms with van der Waals surface area (Å²) in [5.74, 6) is 0.710. The molecule has 3 aromatic carbocycles. The van der Waals surface area contributed by atoms with E-state index < -0.39 is 5.97 Å². The Hall–Kier alpha value is -5.91. The zero-order valence-corrected chi connectivity index (χ0v) is 28.2. The SMILES string of the molecule is C=C1C[C@H]2C=Nc3cc(OCc4cc(COc5cc6c(cc5OC)C(=O)N5C=C(C)C[C@H]5C=N6)cc(C(=O)OC)c4)c(OC)cc3C(=O)N2C1. The van der Waals surface area contributed by atoms with Crippen molar-refractivity contribution >= 4 is 41.6 Å². The summed E-state index contributed by atoms with van der Waals surface area (Å²) in [5, 5.41) is 0. The molecule has 0 saturated carbocycles. The Morgan fingerprint density at radius 2 is 1.36 bits per heavy atom. The smallest absolute Gasteiger partial charge is 0.337 e. The van der Waals surface area contributed by atoms with Gasteiger partial charge in [0.15, 0.2) is 23.0 Å². The largest absolute Gasteiger partial charge is 0.493 e. The lowest BCUT2D eigenvalue weighted by molar-refractivity contribution is 0.0599. The molecule has 0 unspecified atom stereocenters. The van der Waals surface area contributed by atoms with E-state index >= 15 is 0 Å². The van der Waals surface area contributed by atoms with Crippen LogP contribution >= 0.6 is 0 Å². The summed E-state index contributed by atoms with van der Waals surface area (Å²) in [7, 11) is 4.33. The number of hydrogen-bond donors (Lipinski definition) is 0. The molecule has 2 atom stereocenters. The normalized spacial score (nSPS) is 18.8. The first-order chi connectivity index (χ1) is 24.1. The summed E-state index contributed by atoms with van der Waals surface area (Å²) >= 11 is 0. The van der Waals surface area contributed by atoms with Crippen LogP contribution in [0, 0.1) is 0 Å². The molecule has 7 rings (SSSR count). The second-order valence-electron chi connectivity index (χ2n) is 12.6. The zero-order valence-electron chi connectivity index (χ0n) is 28.2. The predicted octanol–water partition coefficient (Wildman–Crippen LogP) is 5.97. The highest BCUT2D eigenvalue weighted by molar-refractivity contribution is 6.05. The minimum absolute atomic E-state index is 0.0593. The number of fused-ring (bicyclic) bond motifs is 4. The summed E-state index contributed by atoms with van der Waals surface area (Å²) in [6.45, 7) is 6.63. The molecule has 0 aliphatic carbocycles. The van der Waals surface area contributed by atoms with Crippen LogP contribution in [0.4, 0.5) is 11.4 Å². The number of benzene rings is 3. The van der Waals surface area contributed by atoms with Gasteiger partial charge in [0.05, 0.1) is 61.5 Å². The van der Waals surface area contributed by atoms with Gasteiger partial charge >= 0.3 is 5.97 Å². The second kappa shape index (κ2) is 13.2. The third-order valence-electron chi connectivity index (χ3n) is 9.09. The van der Waals surface area contributed by atoms with Gasteiger partial charge in [0.2, 0.25) is 0 Å². The van der Waals surface area contributed by atoms with Crippen LogP contribution in [-0.2, 0) is 18.0 Å². The maximum atomic E-state index is 13.4. The molecule has 4 heterocycles. The van der Waals surface area contributed by atoms with E-state index in [4.69, 9.17) is 23.7 Å². The molecular formula is C38H36N4O8. The number of nitrogens with zero attached hydrogens (tertiary/aromatic N) is 4. The van der Waals surface area contributed by atoms with Crippen LogP contribution in [0.25, 0.3) is 0 Å². The van der Waals surface area contributed by atoms with Crippen molar-refractivity contribution in [1.29, 1.82) is 0 Å². The van der Waals surface area contributed by atoms with Crippen molar-refractivity contribution in [2.45, 2.75) is 45.1 Å². The molecule has 4 aliphatic rings. The molecule has 2 amide bonds. The maximum absolute atomic E-state index is 13.4. The van der Waals surface area contributed by atoms with Gasteiger partial charge in [-0.2, -0.15) is 0 Å². The van der Waals surface area contributed by atoms with Crippen molar-refractivity contribution in [2.24, 2.45) is 9.98 Å². The average molecular weight is 677 g/mol. The van der Waals surface area contributed by atoms with Crippen molar-refractivity contribution in [3.8, 4) is 23.0 Å². The monoisotopic (exact) mass is 676 g/mol. The maximum Gasteiger partial charge on any atom is 0.337 e.